The third-order valence-electron chi connectivity index (χ3n) is 4.75. The fourth-order valence-corrected chi connectivity index (χ4v) is 3.28. The quantitative estimate of drug-likeness (QED) is 0.569. The van der Waals surface area contributed by atoms with Crippen LogP contribution in [-0.4, -0.2) is 39.9 Å². The predicted molar refractivity (Wildman–Crippen MR) is 108 cm³/mol. The van der Waals surface area contributed by atoms with Gasteiger partial charge in [0.1, 0.15) is 6.61 Å². The molecule has 1 aromatic heterocycles. The van der Waals surface area contributed by atoms with Gasteiger partial charge in [-0.25, -0.2) is 9.78 Å². The van der Waals surface area contributed by atoms with Gasteiger partial charge in [0.2, 0.25) is 0 Å². The van der Waals surface area contributed by atoms with Crippen LogP contribution in [0.2, 0.25) is 0 Å². The van der Waals surface area contributed by atoms with Crippen LogP contribution in [0.15, 0.2) is 54.6 Å². The highest BCUT2D eigenvalue weighted by Crippen LogP contribution is 2.24. The summed E-state index contributed by atoms with van der Waals surface area (Å²) in [6, 6.07) is 17.2. The summed E-state index contributed by atoms with van der Waals surface area (Å²) in [7, 11) is 1.71. The van der Waals surface area contributed by atoms with E-state index in [9.17, 15) is 9.59 Å². The van der Waals surface area contributed by atoms with Gasteiger partial charge in [-0.1, -0.05) is 49.4 Å². The van der Waals surface area contributed by atoms with E-state index < -0.39 is 6.09 Å². The normalized spacial score (nSPS) is 12.0. The van der Waals surface area contributed by atoms with Crippen molar-refractivity contribution in [2.24, 2.45) is 0 Å². The molecule has 1 atom stereocenters. The van der Waals surface area contributed by atoms with Crippen LogP contribution in [0.25, 0.3) is 11.0 Å². The number of para-hydroxylation sites is 2. The number of carbonyl (C=O) groups excluding carboxylic acids is 2. The zero-order valence-electron chi connectivity index (χ0n) is 16.5. The summed E-state index contributed by atoms with van der Waals surface area (Å²) in [5, 5.41) is 0. The molecule has 0 N–H and O–H groups in total. The van der Waals surface area contributed by atoms with E-state index in [1.165, 1.54) is 6.92 Å². The average molecular weight is 379 g/mol. The Labute approximate surface area is 164 Å². The number of imidazole rings is 1. The van der Waals surface area contributed by atoms with Gasteiger partial charge in [-0.3, -0.25) is 4.79 Å². The number of nitrogens with zero attached hydrogens (tertiary/aromatic N) is 3. The molecule has 0 saturated heterocycles. The molecule has 0 bridgehead atoms. The first-order valence-electron chi connectivity index (χ1n) is 9.41. The largest absolute Gasteiger partial charge is 0.445 e. The number of Topliss-reactive ketones (excluding diaryl/α,β-unsaturated/α-hetero) is 1. The smallest absolute Gasteiger partial charge is 0.409 e. The number of benzene rings is 2. The number of hydrogen-bond acceptors (Lipinski definition) is 4. The molecule has 146 valence electrons. The van der Waals surface area contributed by atoms with Gasteiger partial charge in [-0.05, 0) is 24.1 Å². The molecule has 0 spiro atoms. The number of aromatic nitrogens is 2. The summed E-state index contributed by atoms with van der Waals surface area (Å²) < 4.78 is 7.36. The molecule has 2 aromatic carbocycles. The van der Waals surface area contributed by atoms with E-state index in [0.717, 1.165) is 23.0 Å². The fraction of sp³-hybridized carbons (Fsp3) is 0.318. The van der Waals surface area contributed by atoms with Crippen molar-refractivity contribution in [3.8, 4) is 0 Å². The van der Waals surface area contributed by atoms with Crippen LogP contribution in [0, 0.1) is 0 Å². The number of hydrogen-bond donors (Lipinski definition) is 0. The van der Waals surface area contributed by atoms with Crippen LogP contribution in [0.1, 0.15) is 42.5 Å². The van der Waals surface area contributed by atoms with Crippen molar-refractivity contribution in [1.29, 1.82) is 0 Å². The molecule has 0 aliphatic heterocycles. The van der Waals surface area contributed by atoms with Crippen molar-refractivity contribution in [3.05, 3.63) is 66.0 Å². The maximum atomic E-state index is 12.4. The fourth-order valence-electron chi connectivity index (χ4n) is 3.28. The SMILES string of the molecule is CCC(CN(C)C(=O)OCc1ccccc1)n1c(C(C)=O)nc2ccccc21. The Morgan fingerprint density at radius 1 is 1.11 bits per heavy atom. The number of likely N-dealkylation sites (N-methyl/N-ethyl adjacent to an activating group) is 1. The van der Waals surface area contributed by atoms with Gasteiger partial charge in [-0.2, -0.15) is 0 Å². The van der Waals surface area contributed by atoms with Gasteiger partial charge in [0.25, 0.3) is 0 Å². The van der Waals surface area contributed by atoms with Crippen molar-refractivity contribution in [2.75, 3.05) is 13.6 Å². The molecule has 3 aromatic rings. The number of fused-ring (bicyclic) bond motifs is 1. The minimum absolute atomic E-state index is 0.0828. The second-order valence-corrected chi connectivity index (χ2v) is 6.83. The second-order valence-electron chi connectivity index (χ2n) is 6.83. The molecule has 1 heterocycles. The maximum Gasteiger partial charge on any atom is 0.409 e. The van der Waals surface area contributed by atoms with Crippen LogP contribution in [0.5, 0.6) is 0 Å². The summed E-state index contributed by atoms with van der Waals surface area (Å²) >= 11 is 0. The van der Waals surface area contributed by atoms with Gasteiger partial charge in [0, 0.05) is 20.5 Å². The van der Waals surface area contributed by atoms with Gasteiger partial charge >= 0.3 is 6.09 Å². The molecule has 6 nitrogen and oxygen atoms in total. The van der Waals surface area contributed by atoms with E-state index in [-0.39, 0.29) is 18.4 Å². The number of ether oxygens (including phenoxy) is 1. The molecule has 28 heavy (non-hydrogen) atoms. The first-order valence-corrected chi connectivity index (χ1v) is 9.41. The van der Waals surface area contributed by atoms with E-state index in [1.807, 2.05) is 66.1 Å². The van der Waals surface area contributed by atoms with E-state index in [0.29, 0.717) is 12.4 Å². The lowest BCUT2D eigenvalue weighted by atomic mass is 10.2. The average Bonchev–Trinajstić information content (AvgIpc) is 3.10. The first kappa shape index (κ1) is 19.6. The van der Waals surface area contributed by atoms with Crippen LogP contribution in [0.4, 0.5) is 4.79 Å². The second kappa shape index (κ2) is 8.69. The lowest BCUT2D eigenvalue weighted by Gasteiger charge is -2.25. The molecule has 1 amide bonds. The van der Waals surface area contributed by atoms with E-state index >= 15 is 0 Å². The number of ketones is 1. The number of rotatable bonds is 7. The Kier molecular flexibility index (Phi) is 6.09. The highest BCUT2D eigenvalue weighted by molar-refractivity contribution is 5.94. The molecule has 0 radical (unpaired) electrons. The summed E-state index contributed by atoms with van der Waals surface area (Å²) in [6.07, 6.45) is 0.354. The van der Waals surface area contributed by atoms with Crippen molar-refractivity contribution in [3.63, 3.8) is 0 Å². The summed E-state index contributed by atoms with van der Waals surface area (Å²) in [5.74, 6) is 0.322. The Bertz CT molecular complexity index is 966. The standard InChI is InChI=1S/C22H25N3O3/c1-4-18(14-24(3)22(27)28-15-17-10-6-5-7-11-17)25-20-13-9-8-12-19(20)23-21(25)16(2)26/h5-13,18H,4,14-15H2,1-3H3. The topological polar surface area (TPSA) is 64.4 Å². The zero-order chi connectivity index (χ0) is 20.1. The molecule has 1 unspecified atom stereocenters. The van der Waals surface area contributed by atoms with Crippen LogP contribution in [0.3, 0.4) is 0 Å². The third kappa shape index (κ3) is 4.22. The Balaban J connectivity index is 1.76. The highest BCUT2D eigenvalue weighted by Gasteiger charge is 2.23. The number of amides is 1. The maximum absolute atomic E-state index is 12.4. The van der Waals surface area contributed by atoms with Gasteiger partial charge < -0.3 is 14.2 Å². The van der Waals surface area contributed by atoms with Gasteiger partial charge in [0.05, 0.1) is 17.1 Å². The lowest BCUT2D eigenvalue weighted by Crippen LogP contribution is -2.34. The minimum Gasteiger partial charge on any atom is -0.445 e. The predicted octanol–water partition coefficient (Wildman–Crippen LogP) is 4.46. The first-order chi connectivity index (χ1) is 13.5. The summed E-state index contributed by atoms with van der Waals surface area (Å²) in [6.45, 7) is 4.20. The lowest BCUT2D eigenvalue weighted by molar-refractivity contribution is 0.0975. The molecule has 0 saturated carbocycles. The summed E-state index contributed by atoms with van der Waals surface area (Å²) in [4.78, 5) is 30.6. The Morgan fingerprint density at radius 3 is 2.46 bits per heavy atom. The van der Waals surface area contributed by atoms with Crippen LogP contribution >= 0.6 is 0 Å². The highest BCUT2D eigenvalue weighted by atomic mass is 16.6. The summed E-state index contributed by atoms with van der Waals surface area (Å²) in [5.41, 5.74) is 2.61. The molecule has 0 aliphatic rings. The molecular formula is C22H25N3O3. The van der Waals surface area contributed by atoms with E-state index in [1.54, 1.807) is 11.9 Å². The van der Waals surface area contributed by atoms with E-state index in [4.69, 9.17) is 4.74 Å². The molecule has 6 heteroatoms. The van der Waals surface area contributed by atoms with E-state index in [2.05, 4.69) is 4.98 Å². The van der Waals surface area contributed by atoms with Gasteiger partial charge in [-0.15, -0.1) is 0 Å². The monoisotopic (exact) mass is 379 g/mol. The van der Waals surface area contributed by atoms with Crippen molar-refractivity contribution in [2.45, 2.75) is 32.9 Å². The third-order valence-corrected chi connectivity index (χ3v) is 4.75. The minimum atomic E-state index is -0.393. The van der Waals surface area contributed by atoms with Crippen LogP contribution in [-0.2, 0) is 11.3 Å². The molecule has 0 fully saturated rings. The number of carbonyl (C=O) groups is 2. The van der Waals surface area contributed by atoms with Crippen molar-refractivity contribution in [1.82, 2.24) is 14.5 Å². The Hall–Kier alpha value is -3.15. The molecule has 0 aliphatic carbocycles. The zero-order valence-corrected chi connectivity index (χ0v) is 16.5. The van der Waals surface area contributed by atoms with Crippen LogP contribution < -0.4 is 0 Å². The van der Waals surface area contributed by atoms with Gasteiger partial charge in [0.15, 0.2) is 11.6 Å². The Morgan fingerprint density at radius 2 is 1.79 bits per heavy atom. The van der Waals surface area contributed by atoms with Crippen molar-refractivity contribution < 1.29 is 14.3 Å². The molecule has 3 rings (SSSR count). The van der Waals surface area contributed by atoms with Crippen molar-refractivity contribution >= 4 is 22.9 Å². The molecular weight excluding hydrogens is 354 g/mol.